The molecule has 0 radical (unpaired) electrons. The number of hydrogen-bond acceptors (Lipinski definition) is 3. The fourth-order valence-electron chi connectivity index (χ4n) is 2.45. The molecule has 0 aliphatic carbocycles. The minimum Gasteiger partial charge on any atom is -0.338 e. The van der Waals surface area contributed by atoms with Gasteiger partial charge in [0.05, 0.1) is 5.92 Å². The molecule has 4 heteroatoms. The zero-order valence-corrected chi connectivity index (χ0v) is 11.1. The van der Waals surface area contributed by atoms with E-state index in [9.17, 15) is 4.79 Å². The quantitative estimate of drug-likeness (QED) is 0.873. The number of nitrogens with zero attached hydrogens (tertiary/aromatic N) is 2. The SMILES string of the molecule is CC(C)C(CN)C(=O)N1CCc2ncccc2C1. The number of nitrogens with two attached hydrogens (primary N) is 1. The Morgan fingerprint density at radius 3 is 3.00 bits per heavy atom. The molecule has 2 rings (SSSR count). The second-order valence-electron chi connectivity index (χ2n) is 5.21. The Labute approximate surface area is 108 Å². The molecule has 98 valence electrons. The molecule has 0 spiro atoms. The van der Waals surface area contributed by atoms with E-state index >= 15 is 0 Å². The second-order valence-corrected chi connectivity index (χ2v) is 5.21. The lowest BCUT2D eigenvalue weighted by Gasteiger charge is -2.32. The fourth-order valence-corrected chi connectivity index (χ4v) is 2.45. The van der Waals surface area contributed by atoms with Gasteiger partial charge in [0.2, 0.25) is 5.91 Å². The molecular formula is C14H21N3O. The molecule has 1 amide bonds. The third kappa shape index (κ3) is 2.53. The van der Waals surface area contributed by atoms with Crippen molar-refractivity contribution in [3.8, 4) is 0 Å². The Hall–Kier alpha value is -1.42. The van der Waals surface area contributed by atoms with Crippen LogP contribution < -0.4 is 5.73 Å². The molecule has 1 unspecified atom stereocenters. The average molecular weight is 247 g/mol. The van der Waals surface area contributed by atoms with Crippen molar-refractivity contribution in [1.29, 1.82) is 0 Å². The largest absolute Gasteiger partial charge is 0.338 e. The number of rotatable bonds is 3. The maximum absolute atomic E-state index is 12.4. The molecule has 1 aliphatic heterocycles. The summed E-state index contributed by atoms with van der Waals surface area (Å²) in [5.74, 6) is 0.406. The van der Waals surface area contributed by atoms with Gasteiger partial charge in [-0.05, 0) is 17.5 Å². The highest BCUT2D eigenvalue weighted by atomic mass is 16.2. The van der Waals surface area contributed by atoms with Gasteiger partial charge in [0.25, 0.3) is 0 Å². The van der Waals surface area contributed by atoms with Gasteiger partial charge in [-0.1, -0.05) is 19.9 Å². The van der Waals surface area contributed by atoms with Gasteiger partial charge in [0.15, 0.2) is 0 Å². The Balaban J connectivity index is 2.11. The van der Waals surface area contributed by atoms with Gasteiger partial charge in [-0.3, -0.25) is 9.78 Å². The summed E-state index contributed by atoms with van der Waals surface area (Å²) in [5.41, 5.74) is 8.00. The van der Waals surface area contributed by atoms with Gasteiger partial charge in [-0.15, -0.1) is 0 Å². The first kappa shape index (κ1) is 13.0. The summed E-state index contributed by atoms with van der Waals surface area (Å²) in [6, 6.07) is 3.98. The minimum atomic E-state index is -0.0665. The lowest BCUT2D eigenvalue weighted by atomic mass is 9.93. The molecule has 1 aromatic heterocycles. The van der Waals surface area contributed by atoms with Crippen molar-refractivity contribution in [3.63, 3.8) is 0 Å². The van der Waals surface area contributed by atoms with E-state index in [2.05, 4.69) is 24.9 Å². The second kappa shape index (κ2) is 5.48. The Morgan fingerprint density at radius 1 is 1.56 bits per heavy atom. The van der Waals surface area contributed by atoms with Gasteiger partial charge < -0.3 is 10.6 Å². The minimum absolute atomic E-state index is 0.0665. The topological polar surface area (TPSA) is 59.2 Å². The molecule has 1 atom stereocenters. The molecular weight excluding hydrogens is 226 g/mol. The van der Waals surface area contributed by atoms with Crippen molar-refractivity contribution >= 4 is 5.91 Å². The third-order valence-corrected chi connectivity index (χ3v) is 3.65. The lowest BCUT2D eigenvalue weighted by Crippen LogP contribution is -2.43. The molecule has 0 aromatic carbocycles. The Morgan fingerprint density at radius 2 is 2.33 bits per heavy atom. The van der Waals surface area contributed by atoms with Crippen molar-refractivity contribution in [2.45, 2.75) is 26.8 Å². The number of pyridine rings is 1. The van der Waals surface area contributed by atoms with E-state index in [1.807, 2.05) is 17.2 Å². The van der Waals surface area contributed by atoms with E-state index in [0.717, 1.165) is 24.2 Å². The monoisotopic (exact) mass is 247 g/mol. The molecule has 0 saturated heterocycles. The number of hydrogen-bond donors (Lipinski definition) is 1. The fraction of sp³-hybridized carbons (Fsp3) is 0.571. The first-order valence-corrected chi connectivity index (χ1v) is 6.55. The van der Waals surface area contributed by atoms with Crippen LogP contribution >= 0.6 is 0 Å². The number of carbonyl (C=O) groups is 1. The summed E-state index contributed by atoms with van der Waals surface area (Å²) in [4.78, 5) is 18.7. The highest BCUT2D eigenvalue weighted by Crippen LogP contribution is 2.20. The number of aromatic nitrogens is 1. The predicted molar refractivity (Wildman–Crippen MR) is 70.7 cm³/mol. The van der Waals surface area contributed by atoms with Crippen LogP contribution in [0.25, 0.3) is 0 Å². The summed E-state index contributed by atoms with van der Waals surface area (Å²) in [7, 11) is 0. The number of fused-ring (bicyclic) bond motifs is 1. The van der Waals surface area contributed by atoms with Crippen molar-refractivity contribution in [3.05, 3.63) is 29.6 Å². The van der Waals surface area contributed by atoms with Crippen LogP contribution in [0.5, 0.6) is 0 Å². The first-order chi connectivity index (χ1) is 8.63. The van der Waals surface area contributed by atoms with Gasteiger partial charge >= 0.3 is 0 Å². The van der Waals surface area contributed by atoms with Crippen LogP contribution in [0.2, 0.25) is 0 Å². The molecule has 0 saturated carbocycles. The van der Waals surface area contributed by atoms with Crippen LogP contribution in [0.3, 0.4) is 0 Å². The molecule has 2 N–H and O–H groups in total. The van der Waals surface area contributed by atoms with Gasteiger partial charge in [0.1, 0.15) is 0 Å². The number of amides is 1. The standard InChI is InChI=1S/C14H21N3O/c1-10(2)12(8-15)14(18)17-7-5-13-11(9-17)4-3-6-16-13/h3-4,6,10,12H,5,7-9,15H2,1-2H3. The highest BCUT2D eigenvalue weighted by molar-refractivity contribution is 5.79. The van der Waals surface area contributed by atoms with Crippen LogP contribution in [0.1, 0.15) is 25.1 Å². The molecule has 2 heterocycles. The van der Waals surface area contributed by atoms with E-state index in [0.29, 0.717) is 13.1 Å². The first-order valence-electron chi connectivity index (χ1n) is 6.55. The predicted octanol–water partition coefficient (Wildman–Crippen LogP) is 1.20. The molecule has 1 aliphatic rings. The highest BCUT2D eigenvalue weighted by Gasteiger charge is 2.28. The summed E-state index contributed by atoms with van der Waals surface area (Å²) in [6.45, 7) is 5.95. The van der Waals surface area contributed by atoms with E-state index in [1.54, 1.807) is 0 Å². The Kier molecular flexibility index (Phi) is 3.97. The van der Waals surface area contributed by atoms with Gasteiger partial charge in [0, 0.05) is 37.9 Å². The van der Waals surface area contributed by atoms with E-state index < -0.39 is 0 Å². The molecule has 18 heavy (non-hydrogen) atoms. The summed E-state index contributed by atoms with van der Waals surface area (Å²) < 4.78 is 0. The van der Waals surface area contributed by atoms with Gasteiger partial charge in [-0.25, -0.2) is 0 Å². The summed E-state index contributed by atoms with van der Waals surface area (Å²) in [5, 5.41) is 0. The molecule has 0 fully saturated rings. The van der Waals surface area contributed by atoms with Crippen LogP contribution in [0, 0.1) is 11.8 Å². The summed E-state index contributed by atoms with van der Waals surface area (Å²) >= 11 is 0. The Bertz CT molecular complexity index is 431. The lowest BCUT2D eigenvalue weighted by molar-refractivity contribution is -0.137. The average Bonchev–Trinajstić information content (AvgIpc) is 2.38. The zero-order chi connectivity index (χ0) is 13.1. The van der Waals surface area contributed by atoms with E-state index in [1.165, 1.54) is 0 Å². The van der Waals surface area contributed by atoms with Crippen LogP contribution in [0.4, 0.5) is 0 Å². The van der Waals surface area contributed by atoms with Crippen molar-refractivity contribution < 1.29 is 4.79 Å². The maximum Gasteiger partial charge on any atom is 0.227 e. The van der Waals surface area contributed by atoms with Crippen LogP contribution in [-0.4, -0.2) is 28.9 Å². The van der Waals surface area contributed by atoms with Crippen molar-refractivity contribution in [1.82, 2.24) is 9.88 Å². The van der Waals surface area contributed by atoms with Gasteiger partial charge in [-0.2, -0.15) is 0 Å². The number of carbonyl (C=O) groups excluding carboxylic acids is 1. The zero-order valence-electron chi connectivity index (χ0n) is 11.1. The van der Waals surface area contributed by atoms with E-state index in [4.69, 9.17) is 5.73 Å². The van der Waals surface area contributed by atoms with Crippen molar-refractivity contribution in [2.75, 3.05) is 13.1 Å². The molecule has 0 bridgehead atoms. The van der Waals surface area contributed by atoms with E-state index in [-0.39, 0.29) is 17.7 Å². The smallest absolute Gasteiger partial charge is 0.227 e. The van der Waals surface area contributed by atoms with Crippen molar-refractivity contribution in [2.24, 2.45) is 17.6 Å². The van der Waals surface area contributed by atoms with Crippen LogP contribution in [0.15, 0.2) is 18.3 Å². The maximum atomic E-state index is 12.4. The third-order valence-electron chi connectivity index (χ3n) is 3.65. The molecule has 4 nitrogen and oxygen atoms in total. The normalized spacial score (nSPS) is 16.6. The molecule has 1 aromatic rings. The van der Waals surface area contributed by atoms with Crippen LogP contribution in [-0.2, 0) is 17.8 Å². The summed E-state index contributed by atoms with van der Waals surface area (Å²) in [6.07, 6.45) is 2.66.